The van der Waals surface area contributed by atoms with Crippen LogP contribution in [0.2, 0.25) is 0 Å². The van der Waals surface area contributed by atoms with Crippen molar-refractivity contribution in [2.24, 2.45) is 0 Å². The third-order valence-electron chi connectivity index (χ3n) is 2.41. The molecule has 2 heterocycles. The normalized spacial score (nSPS) is 10.0. The minimum Gasteiger partial charge on any atom is -0.481 e. The van der Waals surface area contributed by atoms with E-state index in [9.17, 15) is 4.79 Å². The van der Waals surface area contributed by atoms with Crippen LogP contribution in [0.3, 0.4) is 0 Å². The summed E-state index contributed by atoms with van der Waals surface area (Å²) in [7, 11) is 1.56. The van der Waals surface area contributed by atoms with Crippen LogP contribution in [0, 0.1) is 0 Å². The largest absolute Gasteiger partial charge is 0.481 e. The lowest BCUT2D eigenvalue weighted by molar-refractivity contribution is 0.0945. The highest BCUT2D eigenvalue weighted by Gasteiger charge is 2.07. The second kappa shape index (κ2) is 6.29. The minimum atomic E-state index is -0.225. The van der Waals surface area contributed by atoms with Crippen molar-refractivity contribution in [3.05, 3.63) is 52.4 Å². The summed E-state index contributed by atoms with van der Waals surface area (Å²) in [6, 6.07) is 8.79. The maximum Gasteiger partial charge on any atom is 0.270 e. The SMILES string of the molecule is COc1ccc(CNC(=O)c2cccc(Br)n2)cn1. The van der Waals surface area contributed by atoms with Gasteiger partial charge in [-0.15, -0.1) is 0 Å². The first-order chi connectivity index (χ1) is 9.19. The van der Waals surface area contributed by atoms with Gasteiger partial charge in [-0.2, -0.15) is 0 Å². The fraction of sp³-hybridized carbons (Fsp3) is 0.154. The average Bonchev–Trinajstić information content (AvgIpc) is 2.45. The van der Waals surface area contributed by atoms with E-state index in [0.29, 0.717) is 22.7 Å². The molecule has 0 aliphatic carbocycles. The Kier molecular flexibility index (Phi) is 4.46. The van der Waals surface area contributed by atoms with Gasteiger partial charge in [0.1, 0.15) is 10.3 Å². The number of carbonyl (C=O) groups excluding carboxylic acids is 1. The predicted octanol–water partition coefficient (Wildman–Crippen LogP) is 2.18. The number of aromatic nitrogens is 2. The number of hydrogen-bond acceptors (Lipinski definition) is 4. The highest BCUT2D eigenvalue weighted by atomic mass is 79.9. The van der Waals surface area contributed by atoms with Crippen molar-refractivity contribution in [1.82, 2.24) is 15.3 Å². The molecule has 0 bridgehead atoms. The number of pyridine rings is 2. The number of amides is 1. The molecule has 0 aliphatic heterocycles. The average molecular weight is 322 g/mol. The summed E-state index contributed by atoms with van der Waals surface area (Å²) >= 11 is 3.23. The molecule has 1 amide bonds. The number of ether oxygens (including phenoxy) is 1. The van der Waals surface area contributed by atoms with Gasteiger partial charge in [0.25, 0.3) is 5.91 Å². The smallest absolute Gasteiger partial charge is 0.270 e. The first kappa shape index (κ1) is 13.5. The Morgan fingerprint density at radius 3 is 2.84 bits per heavy atom. The van der Waals surface area contributed by atoms with Crippen LogP contribution in [0.5, 0.6) is 5.88 Å². The van der Waals surface area contributed by atoms with E-state index >= 15 is 0 Å². The van der Waals surface area contributed by atoms with Gasteiger partial charge < -0.3 is 10.1 Å². The van der Waals surface area contributed by atoms with E-state index in [2.05, 4.69) is 31.2 Å². The number of rotatable bonds is 4. The Labute approximate surface area is 119 Å². The third-order valence-corrected chi connectivity index (χ3v) is 2.85. The topological polar surface area (TPSA) is 64.1 Å². The van der Waals surface area contributed by atoms with Crippen molar-refractivity contribution in [1.29, 1.82) is 0 Å². The van der Waals surface area contributed by atoms with Crippen LogP contribution in [0.4, 0.5) is 0 Å². The summed E-state index contributed by atoms with van der Waals surface area (Å²) in [5, 5.41) is 2.78. The molecule has 0 spiro atoms. The van der Waals surface area contributed by atoms with Gasteiger partial charge in [-0.3, -0.25) is 4.79 Å². The van der Waals surface area contributed by atoms with Gasteiger partial charge in [0.15, 0.2) is 0 Å². The number of nitrogens with one attached hydrogen (secondary N) is 1. The Bertz CT molecular complexity index is 572. The van der Waals surface area contributed by atoms with Gasteiger partial charge in [0, 0.05) is 18.8 Å². The molecule has 0 unspecified atom stereocenters. The van der Waals surface area contributed by atoms with Gasteiger partial charge in [0.05, 0.1) is 7.11 Å². The van der Waals surface area contributed by atoms with E-state index in [1.807, 2.05) is 6.07 Å². The Balaban J connectivity index is 1.96. The summed E-state index contributed by atoms with van der Waals surface area (Å²) in [6.45, 7) is 0.393. The summed E-state index contributed by atoms with van der Waals surface area (Å²) in [5.74, 6) is 0.320. The Morgan fingerprint density at radius 1 is 1.37 bits per heavy atom. The molecule has 98 valence electrons. The lowest BCUT2D eigenvalue weighted by Gasteiger charge is -2.05. The lowest BCUT2D eigenvalue weighted by Crippen LogP contribution is -2.23. The van der Waals surface area contributed by atoms with Crippen molar-refractivity contribution in [2.45, 2.75) is 6.54 Å². The fourth-order valence-corrected chi connectivity index (χ4v) is 1.79. The molecular weight excluding hydrogens is 310 g/mol. The maximum absolute atomic E-state index is 11.9. The van der Waals surface area contributed by atoms with Crippen molar-refractivity contribution in [3.8, 4) is 5.88 Å². The summed E-state index contributed by atoms with van der Waals surface area (Å²) in [4.78, 5) is 20.0. The summed E-state index contributed by atoms with van der Waals surface area (Å²) in [5.41, 5.74) is 1.26. The second-order valence-electron chi connectivity index (χ2n) is 3.74. The van der Waals surface area contributed by atoms with Gasteiger partial charge in [-0.05, 0) is 33.6 Å². The van der Waals surface area contributed by atoms with Crippen LogP contribution in [-0.4, -0.2) is 23.0 Å². The molecule has 0 radical (unpaired) electrons. The number of nitrogens with zero attached hydrogens (tertiary/aromatic N) is 2. The van der Waals surface area contributed by atoms with E-state index in [1.165, 1.54) is 0 Å². The van der Waals surface area contributed by atoms with E-state index in [1.54, 1.807) is 37.6 Å². The molecule has 19 heavy (non-hydrogen) atoms. The van der Waals surface area contributed by atoms with Crippen molar-refractivity contribution in [3.63, 3.8) is 0 Å². The van der Waals surface area contributed by atoms with E-state index in [4.69, 9.17) is 4.74 Å². The zero-order valence-corrected chi connectivity index (χ0v) is 11.8. The molecule has 1 N–H and O–H groups in total. The number of methoxy groups -OCH3 is 1. The Morgan fingerprint density at radius 2 is 2.21 bits per heavy atom. The molecule has 0 aliphatic rings. The fourth-order valence-electron chi connectivity index (χ4n) is 1.44. The Hall–Kier alpha value is -1.95. The summed E-state index contributed by atoms with van der Waals surface area (Å²) in [6.07, 6.45) is 1.66. The zero-order valence-electron chi connectivity index (χ0n) is 10.3. The highest BCUT2D eigenvalue weighted by Crippen LogP contribution is 2.08. The number of hydrogen-bond donors (Lipinski definition) is 1. The van der Waals surface area contributed by atoms with Gasteiger partial charge >= 0.3 is 0 Å². The van der Waals surface area contributed by atoms with E-state index < -0.39 is 0 Å². The standard InChI is InChI=1S/C13H12BrN3O2/c1-19-12-6-5-9(7-15-12)8-16-13(18)10-3-2-4-11(14)17-10/h2-7H,8H2,1H3,(H,16,18). The molecule has 0 atom stereocenters. The van der Waals surface area contributed by atoms with Crippen LogP contribution >= 0.6 is 15.9 Å². The minimum absolute atomic E-state index is 0.225. The van der Waals surface area contributed by atoms with Gasteiger partial charge in [0.2, 0.25) is 5.88 Å². The molecule has 2 rings (SSSR count). The van der Waals surface area contributed by atoms with Crippen molar-refractivity contribution >= 4 is 21.8 Å². The van der Waals surface area contributed by atoms with Crippen LogP contribution in [0.25, 0.3) is 0 Å². The lowest BCUT2D eigenvalue weighted by atomic mass is 10.2. The quantitative estimate of drug-likeness (QED) is 0.877. The van der Waals surface area contributed by atoms with Crippen molar-refractivity contribution in [2.75, 3.05) is 7.11 Å². The predicted molar refractivity (Wildman–Crippen MR) is 73.9 cm³/mol. The molecule has 0 aromatic carbocycles. The van der Waals surface area contributed by atoms with Crippen LogP contribution < -0.4 is 10.1 Å². The highest BCUT2D eigenvalue weighted by molar-refractivity contribution is 9.10. The van der Waals surface area contributed by atoms with E-state index in [0.717, 1.165) is 5.56 Å². The monoisotopic (exact) mass is 321 g/mol. The second-order valence-corrected chi connectivity index (χ2v) is 4.55. The first-order valence-electron chi connectivity index (χ1n) is 5.58. The molecule has 0 fully saturated rings. The molecule has 0 saturated heterocycles. The van der Waals surface area contributed by atoms with Crippen LogP contribution in [0.15, 0.2) is 41.1 Å². The van der Waals surface area contributed by atoms with Crippen LogP contribution in [-0.2, 0) is 6.54 Å². The molecule has 0 saturated carbocycles. The zero-order chi connectivity index (χ0) is 13.7. The number of carbonyl (C=O) groups is 1. The molecule has 6 heteroatoms. The first-order valence-corrected chi connectivity index (χ1v) is 6.38. The molecule has 2 aromatic heterocycles. The number of halogens is 1. The summed E-state index contributed by atoms with van der Waals surface area (Å²) < 4.78 is 5.59. The molecule has 5 nitrogen and oxygen atoms in total. The third kappa shape index (κ3) is 3.75. The van der Waals surface area contributed by atoms with Crippen molar-refractivity contribution < 1.29 is 9.53 Å². The van der Waals surface area contributed by atoms with Gasteiger partial charge in [-0.25, -0.2) is 9.97 Å². The van der Waals surface area contributed by atoms with Crippen LogP contribution in [0.1, 0.15) is 16.1 Å². The van der Waals surface area contributed by atoms with Gasteiger partial charge in [-0.1, -0.05) is 12.1 Å². The van der Waals surface area contributed by atoms with E-state index in [-0.39, 0.29) is 5.91 Å². The molecule has 2 aromatic rings. The molecular formula is C13H12BrN3O2. The maximum atomic E-state index is 11.9.